The van der Waals surface area contributed by atoms with Gasteiger partial charge in [-0.25, -0.2) is 4.79 Å². The molecule has 0 bridgehead atoms. The monoisotopic (exact) mass is 572 g/mol. The molecule has 0 aromatic heterocycles. The molecule has 0 unspecified atom stereocenters. The Kier molecular flexibility index (Phi) is 12.9. The Balaban J connectivity index is 1.69. The summed E-state index contributed by atoms with van der Waals surface area (Å²) >= 11 is 0. The van der Waals surface area contributed by atoms with Crippen molar-refractivity contribution in [1.82, 2.24) is 5.32 Å². The molecule has 3 aromatic rings. The minimum Gasteiger partial charge on any atom is -0.461 e. The molecule has 0 heterocycles. The molecule has 3 rings (SSSR count). The molecule has 0 aliphatic rings. The lowest BCUT2D eigenvalue weighted by Gasteiger charge is -2.22. The van der Waals surface area contributed by atoms with E-state index in [1.54, 1.807) is 26.0 Å². The van der Waals surface area contributed by atoms with Gasteiger partial charge in [0.15, 0.2) is 12.4 Å². The summed E-state index contributed by atoms with van der Waals surface area (Å²) in [4.78, 5) is 52.3. The number of hydrogen-bond acceptors (Lipinski definition) is 7. The van der Waals surface area contributed by atoms with Gasteiger partial charge in [0, 0.05) is 0 Å². The maximum atomic E-state index is 13.6. The third-order valence-electron chi connectivity index (χ3n) is 7.03. The molecular formula is C34H40N2O6. The number of hydrogen-bond donors (Lipinski definition) is 2. The number of nitrogens with one attached hydrogen (secondary N) is 1. The highest BCUT2D eigenvalue weighted by Gasteiger charge is 2.29. The number of ketones is 1. The third kappa shape index (κ3) is 10.3. The lowest BCUT2D eigenvalue weighted by molar-refractivity contribution is -0.148. The Labute approximate surface area is 247 Å². The van der Waals surface area contributed by atoms with E-state index in [0.717, 1.165) is 22.3 Å². The maximum Gasteiger partial charge on any atom is 0.339 e. The van der Waals surface area contributed by atoms with Gasteiger partial charge in [-0.15, -0.1) is 0 Å². The molecule has 222 valence electrons. The van der Waals surface area contributed by atoms with Crippen molar-refractivity contribution >= 4 is 23.6 Å². The van der Waals surface area contributed by atoms with Crippen LogP contribution >= 0.6 is 0 Å². The summed E-state index contributed by atoms with van der Waals surface area (Å²) in [6.45, 7) is 3.67. The fourth-order valence-corrected chi connectivity index (χ4v) is 4.70. The number of ether oxygens (including phenoxy) is 2. The number of carbonyl (C=O) groups is 4. The number of amides is 1. The summed E-state index contributed by atoms with van der Waals surface area (Å²) in [5.74, 6) is -2.73. The maximum absolute atomic E-state index is 13.6. The molecule has 1 amide bonds. The first kappa shape index (κ1) is 32.2. The van der Waals surface area contributed by atoms with E-state index in [1.807, 2.05) is 66.7 Å². The van der Waals surface area contributed by atoms with Gasteiger partial charge in [-0.1, -0.05) is 78.9 Å². The van der Waals surface area contributed by atoms with Crippen molar-refractivity contribution in [2.45, 2.75) is 58.6 Å². The first-order chi connectivity index (χ1) is 20.3. The number of Topliss-reactive ketones (excluding diaryl/α,β-unsaturated/α-hetero) is 1. The van der Waals surface area contributed by atoms with Crippen molar-refractivity contribution in [2.75, 3.05) is 13.2 Å². The Bertz CT molecular complexity index is 1310. The summed E-state index contributed by atoms with van der Waals surface area (Å²) in [5, 5.41) is 2.83. The number of unbranched alkanes of at least 4 members (excludes halogenated alkanes) is 1. The van der Waals surface area contributed by atoms with Crippen LogP contribution in [0.4, 0.5) is 0 Å². The normalized spacial score (nSPS) is 12.2. The van der Waals surface area contributed by atoms with Crippen molar-refractivity contribution in [2.24, 2.45) is 11.7 Å². The molecule has 3 N–H and O–H groups in total. The largest absolute Gasteiger partial charge is 0.461 e. The minimum absolute atomic E-state index is 0.102. The first-order valence-electron chi connectivity index (χ1n) is 14.3. The fraction of sp³-hybridized carbons (Fsp3) is 0.353. The van der Waals surface area contributed by atoms with E-state index in [-0.39, 0.29) is 13.0 Å². The van der Waals surface area contributed by atoms with Gasteiger partial charge in [-0.2, -0.15) is 0 Å². The second-order valence-corrected chi connectivity index (χ2v) is 10.4. The van der Waals surface area contributed by atoms with Gasteiger partial charge >= 0.3 is 11.9 Å². The quantitative estimate of drug-likeness (QED) is 0.189. The van der Waals surface area contributed by atoms with Crippen molar-refractivity contribution < 1.29 is 28.7 Å². The van der Waals surface area contributed by atoms with Crippen molar-refractivity contribution in [3.8, 4) is 0 Å². The molecule has 0 fully saturated rings. The Morgan fingerprint density at radius 3 is 2.02 bits per heavy atom. The number of rotatable bonds is 16. The summed E-state index contributed by atoms with van der Waals surface area (Å²) in [6, 6.07) is 23.2. The summed E-state index contributed by atoms with van der Waals surface area (Å²) in [7, 11) is 0. The van der Waals surface area contributed by atoms with Crippen LogP contribution in [0.5, 0.6) is 0 Å². The molecule has 2 atom stereocenters. The van der Waals surface area contributed by atoms with Crippen LogP contribution in [0.3, 0.4) is 0 Å². The van der Waals surface area contributed by atoms with Crippen LogP contribution in [-0.4, -0.2) is 42.8 Å². The van der Waals surface area contributed by atoms with Crippen molar-refractivity contribution in [3.63, 3.8) is 0 Å². The predicted octanol–water partition coefficient (Wildman–Crippen LogP) is 4.64. The highest BCUT2D eigenvalue weighted by molar-refractivity contribution is 5.96. The zero-order valence-corrected chi connectivity index (χ0v) is 24.3. The lowest BCUT2D eigenvalue weighted by atomic mass is 9.94. The fourth-order valence-electron chi connectivity index (χ4n) is 4.70. The van der Waals surface area contributed by atoms with E-state index >= 15 is 0 Å². The molecule has 0 saturated heterocycles. The van der Waals surface area contributed by atoms with Crippen LogP contribution in [0.2, 0.25) is 0 Å². The number of benzene rings is 3. The van der Waals surface area contributed by atoms with E-state index in [0.29, 0.717) is 37.8 Å². The topological polar surface area (TPSA) is 125 Å². The average Bonchev–Trinajstić information content (AvgIpc) is 2.99. The van der Waals surface area contributed by atoms with E-state index < -0.39 is 42.2 Å². The van der Waals surface area contributed by atoms with Crippen LogP contribution in [0.15, 0.2) is 78.9 Å². The summed E-state index contributed by atoms with van der Waals surface area (Å²) in [6.07, 6.45) is 1.73. The van der Waals surface area contributed by atoms with Gasteiger partial charge in [0.05, 0.1) is 23.9 Å². The van der Waals surface area contributed by atoms with Gasteiger partial charge in [-0.05, 0) is 68.3 Å². The molecule has 8 heteroatoms. The van der Waals surface area contributed by atoms with E-state index in [2.05, 4.69) is 5.32 Å². The van der Waals surface area contributed by atoms with Gasteiger partial charge in [-0.3, -0.25) is 14.4 Å². The Hall–Kier alpha value is -4.30. The molecule has 3 aromatic carbocycles. The highest BCUT2D eigenvalue weighted by Crippen LogP contribution is 2.17. The number of aryl methyl sites for hydroxylation is 2. The van der Waals surface area contributed by atoms with Crippen molar-refractivity contribution in [1.29, 1.82) is 0 Å². The summed E-state index contributed by atoms with van der Waals surface area (Å²) < 4.78 is 10.8. The van der Waals surface area contributed by atoms with Crippen LogP contribution in [0.25, 0.3) is 0 Å². The first-order valence-corrected chi connectivity index (χ1v) is 14.3. The molecule has 0 saturated carbocycles. The molecule has 8 nitrogen and oxygen atoms in total. The Morgan fingerprint density at radius 2 is 1.40 bits per heavy atom. The van der Waals surface area contributed by atoms with Crippen LogP contribution in [0, 0.1) is 19.8 Å². The average molecular weight is 573 g/mol. The van der Waals surface area contributed by atoms with E-state index in [9.17, 15) is 19.2 Å². The van der Waals surface area contributed by atoms with Gasteiger partial charge in [0.1, 0.15) is 6.61 Å². The van der Waals surface area contributed by atoms with E-state index in [1.165, 1.54) is 0 Å². The standard InChI is InChI=1S/C34H40N2O6/c1-24-12-11-13-25(2)32(24)34(40)42-23-30(37)29(18-9-10-19-35)36-33(39)28(20-26-14-5-3-6-15-26)21-31(38)41-22-27-16-7-4-8-17-27/h3-8,11-17,28-29H,9-10,18-23,35H2,1-2H3,(H,36,39)/t28-,29+/m0/s1. The number of esters is 2. The smallest absolute Gasteiger partial charge is 0.339 e. The van der Waals surface area contributed by atoms with Crippen molar-refractivity contribution in [3.05, 3.63) is 107 Å². The highest BCUT2D eigenvalue weighted by atomic mass is 16.5. The molecule has 0 aliphatic heterocycles. The van der Waals surface area contributed by atoms with Gasteiger partial charge < -0.3 is 20.5 Å². The third-order valence-corrected chi connectivity index (χ3v) is 7.03. The van der Waals surface area contributed by atoms with Gasteiger partial charge in [0.2, 0.25) is 5.91 Å². The summed E-state index contributed by atoms with van der Waals surface area (Å²) in [5.41, 5.74) is 9.30. The zero-order valence-electron chi connectivity index (χ0n) is 24.3. The number of nitrogens with two attached hydrogens (primary N) is 1. The van der Waals surface area contributed by atoms with Crippen LogP contribution < -0.4 is 11.1 Å². The molecule has 0 spiro atoms. The second-order valence-electron chi connectivity index (χ2n) is 10.4. The van der Waals surface area contributed by atoms with Gasteiger partial charge in [0.25, 0.3) is 0 Å². The van der Waals surface area contributed by atoms with Crippen LogP contribution in [-0.2, 0) is 36.9 Å². The number of carbonyl (C=O) groups excluding carboxylic acids is 4. The van der Waals surface area contributed by atoms with Crippen LogP contribution in [0.1, 0.15) is 58.3 Å². The van der Waals surface area contributed by atoms with E-state index in [4.69, 9.17) is 15.2 Å². The lowest BCUT2D eigenvalue weighted by Crippen LogP contribution is -2.46. The zero-order chi connectivity index (χ0) is 30.3. The predicted molar refractivity (Wildman–Crippen MR) is 161 cm³/mol. The SMILES string of the molecule is Cc1cccc(C)c1C(=O)OCC(=O)[C@@H](CCCCN)NC(=O)[C@H](CC(=O)OCc1ccccc1)Cc1ccccc1. The molecular weight excluding hydrogens is 532 g/mol. The minimum atomic E-state index is -0.895. The molecule has 0 aliphatic carbocycles. The Morgan fingerprint density at radius 1 is 0.786 bits per heavy atom. The molecule has 42 heavy (non-hydrogen) atoms. The second kappa shape index (κ2) is 16.8. The molecule has 0 radical (unpaired) electrons.